The third-order valence-corrected chi connectivity index (χ3v) is 7.41. The number of hydrogen-bond donors (Lipinski definition) is 0. The predicted octanol–water partition coefficient (Wildman–Crippen LogP) is 5.80. The summed E-state index contributed by atoms with van der Waals surface area (Å²) in [6.07, 6.45) is 1.86. The summed E-state index contributed by atoms with van der Waals surface area (Å²) in [7, 11) is 5.74. The summed E-state index contributed by atoms with van der Waals surface area (Å²) in [6, 6.07) is 29.3. The smallest absolute Gasteiger partial charge is 0.121 e. The second kappa shape index (κ2) is 15.3. The molecule has 0 atom stereocenters. The normalized spacial score (nSPS) is 13.0. The van der Waals surface area contributed by atoms with Crippen molar-refractivity contribution in [2.45, 2.75) is 19.7 Å². The summed E-state index contributed by atoms with van der Waals surface area (Å²) in [5.41, 5.74) is 6.73. The van der Waals surface area contributed by atoms with Crippen LogP contribution in [-0.4, -0.2) is 65.7 Å². The van der Waals surface area contributed by atoms with Crippen LogP contribution in [0.25, 0.3) is 0 Å². The van der Waals surface area contributed by atoms with Gasteiger partial charge in [0, 0.05) is 69.6 Å². The molecular formula is C35H42N4O4. The molecule has 0 N–H and O–H groups in total. The molecule has 8 heteroatoms. The average molecular weight is 583 g/mol. The molecule has 0 aliphatic carbocycles. The van der Waals surface area contributed by atoms with Crippen molar-refractivity contribution in [2.75, 3.05) is 75.4 Å². The molecule has 0 bridgehead atoms. The molecular weight excluding hydrogens is 540 g/mol. The molecule has 5 rings (SSSR count). The van der Waals surface area contributed by atoms with Gasteiger partial charge in [-0.2, -0.15) is 0 Å². The molecule has 0 spiro atoms. The summed E-state index contributed by atoms with van der Waals surface area (Å²) in [4.78, 5) is 11.4. The first kappa shape index (κ1) is 30.2. The Labute approximate surface area is 255 Å². The fourth-order valence-corrected chi connectivity index (χ4v) is 5.11. The zero-order valence-electron chi connectivity index (χ0n) is 25.4. The SMILES string of the molecule is COc1cccc(CN(Cc2cccc(N3CCOCC3)c2)c2ccnc(COCCOc3cccc(N(C)C)c3)c2)c1. The van der Waals surface area contributed by atoms with E-state index in [1.54, 1.807) is 7.11 Å². The van der Waals surface area contributed by atoms with Gasteiger partial charge < -0.3 is 33.6 Å². The lowest BCUT2D eigenvalue weighted by Crippen LogP contribution is -2.36. The van der Waals surface area contributed by atoms with E-state index in [4.69, 9.17) is 18.9 Å². The van der Waals surface area contributed by atoms with Gasteiger partial charge in [0.15, 0.2) is 0 Å². The van der Waals surface area contributed by atoms with Crippen molar-refractivity contribution in [3.05, 3.63) is 108 Å². The minimum absolute atomic E-state index is 0.411. The van der Waals surface area contributed by atoms with E-state index in [1.165, 1.54) is 16.8 Å². The van der Waals surface area contributed by atoms with E-state index in [-0.39, 0.29) is 0 Å². The molecule has 8 nitrogen and oxygen atoms in total. The van der Waals surface area contributed by atoms with Gasteiger partial charge in [-0.3, -0.25) is 4.98 Å². The number of benzene rings is 3. The first-order valence-electron chi connectivity index (χ1n) is 14.8. The topological polar surface area (TPSA) is 59.5 Å². The van der Waals surface area contributed by atoms with Crippen LogP contribution < -0.4 is 24.2 Å². The maximum atomic E-state index is 5.95. The minimum Gasteiger partial charge on any atom is -0.497 e. The lowest BCUT2D eigenvalue weighted by Gasteiger charge is -2.30. The molecule has 2 heterocycles. The number of pyridine rings is 1. The zero-order chi connectivity index (χ0) is 29.9. The molecule has 1 aliphatic rings. The van der Waals surface area contributed by atoms with Gasteiger partial charge in [0.05, 0.1) is 39.2 Å². The van der Waals surface area contributed by atoms with Gasteiger partial charge in [-0.25, -0.2) is 0 Å². The van der Waals surface area contributed by atoms with Crippen LogP contribution in [0.2, 0.25) is 0 Å². The van der Waals surface area contributed by atoms with Crippen molar-refractivity contribution < 1.29 is 18.9 Å². The van der Waals surface area contributed by atoms with Crippen LogP contribution >= 0.6 is 0 Å². The predicted molar refractivity (Wildman–Crippen MR) is 173 cm³/mol. The van der Waals surface area contributed by atoms with Crippen LogP contribution in [-0.2, 0) is 29.2 Å². The number of anilines is 3. The molecule has 0 saturated carbocycles. The summed E-state index contributed by atoms with van der Waals surface area (Å²) in [5, 5.41) is 0. The molecule has 226 valence electrons. The van der Waals surface area contributed by atoms with Gasteiger partial charge in [0.2, 0.25) is 0 Å². The molecule has 0 unspecified atom stereocenters. The number of aromatic nitrogens is 1. The van der Waals surface area contributed by atoms with Crippen molar-refractivity contribution in [1.29, 1.82) is 0 Å². The zero-order valence-corrected chi connectivity index (χ0v) is 25.4. The summed E-state index contributed by atoms with van der Waals surface area (Å²) in [6.45, 7) is 6.19. The van der Waals surface area contributed by atoms with Crippen LogP contribution in [0.1, 0.15) is 16.8 Å². The Kier molecular flexibility index (Phi) is 10.7. The third-order valence-electron chi connectivity index (χ3n) is 7.41. The minimum atomic E-state index is 0.411. The Bertz CT molecular complexity index is 1440. The van der Waals surface area contributed by atoms with E-state index in [0.29, 0.717) is 19.8 Å². The Balaban J connectivity index is 1.25. The Morgan fingerprint density at radius 3 is 2.33 bits per heavy atom. The highest BCUT2D eigenvalue weighted by Crippen LogP contribution is 2.25. The van der Waals surface area contributed by atoms with Gasteiger partial charge >= 0.3 is 0 Å². The maximum absolute atomic E-state index is 5.95. The van der Waals surface area contributed by atoms with Crippen LogP contribution in [0.4, 0.5) is 17.1 Å². The summed E-state index contributed by atoms with van der Waals surface area (Å²) in [5.74, 6) is 1.69. The van der Waals surface area contributed by atoms with E-state index < -0.39 is 0 Å². The molecule has 1 saturated heterocycles. The number of ether oxygens (including phenoxy) is 4. The van der Waals surface area contributed by atoms with Crippen molar-refractivity contribution in [3.8, 4) is 11.5 Å². The number of methoxy groups -OCH3 is 1. The first-order chi connectivity index (χ1) is 21.1. The maximum Gasteiger partial charge on any atom is 0.121 e. The fourth-order valence-electron chi connectivity index (χ4n) is 5.11. The van der Waals surface area contributed by atoms with Crippen molar-refractivity contribution in [3.63, 3.8) is 0 Å². The van der Waals surface area contributed by atoms with Gasteiger partial charge in [-0.05, 0) is 59.7 Å². The molecule has 43 heavy (non-hydrogen) atoms. The second-order valence-corrected chi connectivity index (χ2v) is 10.8. The molecule has 1 aliphatic heterocycles. The van der Waals surface area contributed by atoms with Crippen LogP contribution in [0.5, 0.6) is 11.5 Å². The highest BCUT2D eigenvalue weighted by molar-refractivity contribution is 5.52. The van der Waals surface area contributed by atoms with E-state index >= 15 is 0 Å². The molecule has 1 fully saturated rings. The van der Waals surface area contributed by atoms with E-state index in [0.717, 1.165) is 68.0 Å². The quantitative estimate of drug-likeness (QED) is 0.173. The summed E-state index contributed by atoms with van der Waals surface area (Å²) >= 11 is 0. The first-order valence-corrected chi connectivity index (χ1v) is 14.8. The number of hydrogen-bond acceptors (Lipinski definition) is 8. The molecule has 4 aromatic rings. The largest absolute Gasteiger partial charge is 0.497 e. The van der Waals surface area contributed by atoms with E-state index in [9.17, 15) is 0 Å². The van der Waals surface area contributed by atoms with Crippen LogP contribution in [0, 0.1) is 0 Å². The molecule has 0 amide bonds. The van der Waals surface area contributed by atoms with Gasteiger partial charge in [0.1, 0.15) is 18.1 Å². The molecule has 1 aromatic heterocycles. The highest BCUT2D eigenvalue weighted by Gasteiger charge is 2.14. The van der Waals surface area contributed by atoms with Gasteiger partial charge in [0.25, 0.3) is 0 Å². The van der Waals surface area contributed by atoms with Gasteiger partial charge in [-0.15, -0.1) is 0 Å². The summed E-state index contributed by atoms with van der Waals surface area (Å²) < 4.78 is 22.9. The number of morpholine rings is 1. The molecule has 0 radical (unpaired) electrons. The highest BCUT2D eigenvalue weighted by atomic mass is 16.5. The number of nitrogens with zero attached hydrogens (tertiary/aromatic N) is 4. The van der Waals surface area contributed by atoms with Gasteiger partial charge in [-0.1, -0.05) is 30.3 Å². The van der Waals surface area contributed by atoms with Crippen molar-refractivity contribution >= 4 is 17.1 Å². The number of rotatable bonds is 14. The Morgan fingerprint density at radius 2 is 1.53 bits per heavy atom. The standard InChI is InChI=1S/C35H42N4O4/c1-37(2)31-9-6-12-35(24-31)43-20-19-42-27-30-23-33(13-14-36-30)39(26-29-8-5-11-34(22-29)40-3)25-28-7-4-10-32(21-28)38-15-17-41-18-16-38/h4-14,21-24H,15-20,25-27H2,1-3H3. The second-order valence-electron chi connectivity index (χ2n) is 10.8. The average Bonchev–Trinajstić information content (AvgIpc) is 3.05. The van der Waals surface area contributed by atoms with Crippen LogP contribution in [0.15, 0.2) is 91.1 Å². The van der Waals surface area contributed by atoms with E-state index in [1.807, 2.05) is 50.6 Å². The van der Waals surface area contributed by atoms with Crippen molar-refractivity contribution in [2.24, 2.45) is 0 Å². The molecule has 3 aromatic carbocycles. The van der Waals surface area contributed by atoms with Crippen molar-refractivity contribution in [1.82, 2.24) is 4.98 Å². The van der Waals surface area contributed by atoms with Crippen LogP contribution in [0.3, 0.4) is 0 Å². The van der Waals surface area contributed by atoms with E-state index in [2.05, 4.69) is 74.3 Å². The monoisotopic (exact) mass is 582 g/mol. The lowest BCUT2D eigenvalue weighted by molar-refractivity contribution is 0.0870. The fraction of sp³-hybridized carbons (Fsp3) is 0.343. The Hall–Kier alpha value is -4.27. The lowest BCUT2D eigenvalue weighted by atomic mass is 10.1. The third kappa shape index (κ3) is 8.86. The Morgan fingerprint density at radius 1 is 0.791 bits per heavy atom.